The second-order valence-electron chi connectivity index (χ2n) is 8.97. The topological polar surface area (TPSA) is 92.8 Å². The van der Waals surface area contributed by atoms with E-state index in [2.05, 4.69) is 12.2 Å². The van der Waals surface area contributed by atoms with E-state index < -0.39 is 24.4 Å². The Morgan fingerprint density at radius 1 is 1.03 bits per heavy atom. The molecule has 1 heterocycles. The van der Waals surface area contributed by atoms with Gasteiger partial charge in [-0.1, -0.05) is 30.7 Å². The number of ether oxygens (including phenoxy) is 1. The Kier molecular flexibility index (Phi) is 7.44. The zero-order chi connectivity index (χ0) is 24.2. The van der Waals surface area contributed by atoms with E-state index in [-0.39, 0.29) is 35.4 Å². The average Bonchev–Trinajstić information content (AvgIpc) is 3.11. The van der Waals surface area contributed by atoms with E-state index in [0.29, 0.717) is 16.6 Å². The number of nitrogens with zero attached hydrogens (tertiary/aromatic N) is 1. The zero-order valence-corrected chi connectivity index (χ0v) is 19.7. The molecule has 1 N–H and O–H groups in total. The molecule has 4 rings (SSSR count). The molecule has 1 saturated carbocycles. The van der Waals surface area contributed by atoms with Gasteiger partial charge >= 0.3 is 5.97 Å². The maximum atomic E-state index is 12.9. The third kappa shape index (κ3) is 5.37. The molecule has 0 spiro atoms. The van der Waals surface area contributed by atoms with Crippen molar-refractivity contribution in [2.24, 2.45) is 5.92 Å². The summed E-state index contributed by atoms with van der Waals surface area (Å²) < 4.78 is 5.11. The highest BCUT2D eigenvalue weighted by atomic mass is 35.5. The summed E-state index contributed by atoms with van der Waals surface area (Å²) in [6.45, 7) is 1.79. The summed E-state index contributed by atoms with van der Waals surface area (Å²) in [5.41, 5.74) is 0.894. The highest BCUT2D eigenvalue weighted by Gasteiger charge is 2.40. The minimum absolute atomic E-state index is 0.124. The number of halogens is 1. The number of hydrogen-bond acceptors (Lipinski definition) is 6. The molecule has 2 aromatic carbocycles. The molecule has 34 heavy (non-hydrogen) atoms. The quantitative estimate of drug-likeness (QED) is 0.361. The summed E-state index contributed by atoms with van der Waals surface area (Å²) in [6, 6.07) is 12.3. The summed E-state index contributed by atoms with van der Waals surface area (Å²) in [5.74, 6) is -0.932. The molecule has 2 aliphatic rings. The van der Waals surface area contributed by atoms with Crippen molar-refractivity contribution in [3.63, 3.8) is 0 Å². The second-order valence-corrected chi connectivity index (χ2v) is 9.38. The molecule has 178 valence electrons. The minimum atomic E-state index is -0.683. The molecule has 1 aliphatic heterocycles. The lowest BCUT2D eigenvalue weighted by molar-refractivity contribution is -0.121. The second kappa shape index (κ2) is 10.5. The van der Waals surface area contributed by atoms with Gasteiger partial charge in [-0.3, -0.25) is 14.4 Å². The van der Waals surface area contributed by atoms with Gasteiger partial charge in [-0.2, -0.15) is 0 Å². The van der Waals surface area contributed by atoms with Crippen molar-refractivity contribution in [1.29, 1.82) is 0 Å². The van der Waals surface area contributed by atoms with E-state index >= 15 is 0 Å². The zero-order valence-electron chi connectivity index (χ0n) is 19.0. The van der Waals surface area contributed by atoms with Gasteiger partial charge in [0.25, 0.3) is 5.91 Å². The van der Waals surface area contributed by atoms with Gasteiger partial charge in [-0.05, 0) is 68.0 Å². The number of imide groups is 1. The van der Waals surface area contributed by atoms with Crippen LogP contribution in [0, 0.1) is 5.92 Å². The van der Waals surface area contributed by atoms with Crippen LogP contribution in [0.2, 0.25) is 5.02 Å². The first-order chi connectivity index (χ1) is 16.3. The van der Waals surface area contributed by atoms with Gasteiger partial charge in [0.15, 0.2) is 6.61 Å². The van der Waals surface area contributed by atoms with Crippen LogP contribution >= 0.6 is 11.6 Å². The van der Waals surface area contributed by atoms with Crippen molar-refractivity contribution in [3.05, 3.63) is 64.7 Å². The van der Waals surface area contributed by atoms with Gasteiger partial charge in [0.05, 0.1) is 28.7 Å². The monoisotopic (exact) mass is 482 g/mol. The molecular formula is C26H27ClN2O5. The molecule has 0 aromatic heterocycles. The predicted molar refractivity (Wildman–Crippen MR) is 128 cm³/mol. The number of ketones is 1. The van der Waals surface area contributed by atoms with Crippen LogP contribution in [0.4, 0.5) is 5.69 Å². The SMILES string of the molecule is CC1CCC(NC2CC(=O)N(c3ccc(C(=O)OCC(=O)c4ccccc4Cl)cc3)C2=O)CC1. The van der Waals surface area contributed by atoms with Crippen molar-refractivity contribution < 1.29 is 23.9 Å². The van der Waals surface area contributed by atoms with Crippen LogP contribution in [0.5, 0.6) is 0 Å². The highest BCUT2D eigenvalue weighted by Crippen LogP contribution is 2.27. The number of Topliss-reactive ketones (excluding diaryl/α,β-unsaturated/α-hetero) is 1. The van der Waals surface area contributed by atoms with Gasteiger partial charge < -0.3 is 10.1 Å². The van der Waals surface area contributed by atoms with Crippen molar-refractivity contribution >= 4 is 40.9 Å². The van der Waals surface area contributed by atoms with E-state index in [1.807, 2.05) is 0 Å². The number of carbonyl (C=O) groups is 4. The van der Waals surface area contributed by atoms with E-state index in [9.17, 15) is 19.2 Å². The van der Waals surface area contributed by atoms with E-state index in [4.69, 9.17) is 16.3 Å². The number of rotatable bonds is 7. The lowest BCUT2D eigenvalue weighted by Crippen LogP contribution is -2.45. The fourth-order valence-electron chi connectivity index (χ4n) is 4.47. The van der Waals surface area contributed by atoms with Crippen molar-refractivity contribution in [3.8, 4) is 0 Å². The Balaban J connectivity index is 1.34. The van der Waals surface area contributed by atoms with Crippen LogP contribution in [0.25, 0.3) is 0 Å². The lowest BCUT2D eigenvalue weighted by atomic mass is 9.87. The minimum Gasteiger partial charge on any atom is -0.454 e. The fourth-order valence-corrected chi connectivity index (χ4v) is 4.71. The Bertz CT molecular complexity index is 1090. The summed E-state index contributed by atoms with van der Waals surface area (Å²) in [6.07, 6.45) is 4.39. The first kappa shape index (κ1) is 24.1. The van der Waals surface area contributed by atoms with E-state index in [1.165, 1.54) is 29.2 Å². The Hall–Kier alpha value is -3.03. The molecule has 7 nitrogen and oxygen atoms in total. The molecule has 0 bridgehead atoms. The summed E-state index contributed by atoms with van der Waals surface area (Å²) >= 11 is 6.00. The van der Waals surface area contributed by atoms with Crippen molar-refractivity contribution in [1.82, 2.24) is 5.32 Å². The van der Waals surface area contributed by atoms with Gasteiger partial charge in [0.2, 0.25) is 11.7 Å². The molecular weight excluding hydrogens is 456 g/mol. The van der Waals surface area contributed by atoms with E-state index in [0.717, 1.165) is 25.7 Å². The lowest BCUT2D eigenvalue weighted by Gasteiger charge is -2.28. The van der Waals surface area contributed by atoms with Gasteiger partial charge in [0, 0.05) is 11.6 Å². The number of hydrogen-bond donors (Lipinski definition) is 1. The first-order valence-electron chi connectivity index (χ1n) is 11.5. The van der Waals surface area contributed by atoms with Crippen LogP contribution in [0.15, 0.2) is 48.5 Å². The van der Waals surface area contributed by atoms with Crippen LogP contribution in [0.1, 0.15) is 59.7 Å². The largest absolute Gasteiger partial charge is 0.454 e. The molecule has 1 aliphatic carbocycles. The normalized spacial score (nSPS) is 22.6. The fraction of sp³-hybridized carbons (Fsp3) is 0.385. The third-order valence-electron chi connectivity index (χ3n) is 6.47. The third-order valence-corrected chi connectivity index (χ3v) is 6.80. The van der Waals surface area contributed by atoms with Crippen LogP contribution < -0.4 is 10.2 Å². The van der Waals surface area contributed by atoms with Gasteiger partial charge in [-0.25, -0.2) is 9.69 Å². The molecule has 2 fully saturated rings. The number of carbonyl (C=O) groups excluding carboxylic acids is 4. The summed E-state index contributed by atoms with van der Waals surface area (Å²) in [7, 11) is 0. The van der Waals surface area contributed by atoms with Crippen LogP contribution in [-0.2, 0) is 14.3 Å². The summed E-state index contributed by atoms with van der Waals surface area (Å²) in [5, 5.41) is 3.66. The average molecular weight is 483 g/mol. The Morgan fingerprint density at radius 3 is 2.38 bits per heavy atom. The molecule has 2 amide bonds. The Labute approximate surface area is 203 Å². The van der Waals surface area contributed by atoms with Crippen molar-refractivity contribution in [2.75, 3.05) is 11.5 Å². The number of anilines is 1. The smallest absolute Gasteiger partial charge is 0.338 e. The molecule has 2 aromatic rings. The van der Waals surface area contributed by atoms with Crippen molar-refractivity contribution in [2.45, 2.75) is 51.1 Å². The predicted octanol–water partition coefficient (Wildman–Crippen LogP) is 4.18. The number of nitrogens with one attached hydrogen (secondary N) is 1. The van der Waals surface area contributed by atoms with Gasteiger partial charge in [-0.15, -0.1) is 0 Å². The molecule has 1 atom stereocenters. The maximum Gasteiger partial charge on any atom is 0.338 e. The molecule has 1 saturated heterocycles. The van der Waals surface area contributed by atoms with Crippen LogP contribution in [0.3, 0.4) is 0 Å². The number of amides is 2. The number of benzene rings is 2. The van der Waals surface area contributed by atoms with Crippen LogP contribution in [-0.4, -0.2) is 42.3 Å². The molecule has 0 radical (unpaired) electrons. The van der Waals surface area contributed by atoms with E-state index in [1.54, 1.807) is 24.3 Å². The standard InChI is InChI=1S/C26H27ClN2O5/c1-16-6-10-18(11-7-16)28-22-14-24(31)29(25(22)32)19-12-8-17(9-13-19)26(33)34-15-23(30)20-4-2-3-5-21(20)27/h2-5,8-9,12-13,16,18,22,28H,6-7,10-11,14-15H2,1H3. The highest BCUT2D eigenvalue weighted by molar-refractivity contribution is 6.34. The van der Waals surface area contributed by atoms with Gasteiger partial charge in [0.1, 0.15) is 0 Å². The molecule has 8 heteroatoms. The first-order valence-corrected chi connectivity index (χ1v) is 11.9. The summed E-state index contributed by atoms with van der Waals surface area (Å²) in [4.78, 5) is 51.3. The Morgan fingerprint density at radius 2 is 1.71 bits per heavy atom. The molecule has 1 unspecified atom stereocenters. The maximum absolute atomic E-state index is 12.9. The number of esters is 1.